The fourth-order valence-electron chi connectivity index (χ4n) is 3.83. The predicted molar refractivity (Wildman–Crippen MR) is 126 cm³/mol. The summed E-state index contributed by atoms with van der Waals surface area (Å²) in [7, 11) is -3.68. The highest BCUT2D eigenvalue weighted by atomic mass is 35.5. The molecule has 2 aromatic rings. The molecule has 0 spiro atoms. The summed E-state index contributed by atoms with van der Waals surface area (Å²) in [6.45, 7) is 7.00. The first-order valence-corrected chi connectivity index (χ1v) is 12.7. The number of likely N-dealkylation sites (tertiary alicyclic amines) is 1. The van der Waals surface area contributed by atoms with Gasteiger partial charge in [-0.2, -0.15) is 0 Å². The number of amides is 1. The lowest BCUT2D eigenvalue weighted by atomic mass is 10.1. The monoisotopic (exact) mass is 463 g/mol. The van der Waals surface area contributed by atoms with Gasteiger partial charge in [-0.3, -0.25) is 14.0 Å². The van der Waals surface area contributed by atoms with Crippen LogP contribution in [0.25, 0.3) is 0 Å². The van der Waals surface area contributed by atoms with Crippen molar-refractivity contribution in [2.45, 2.75) is 45.8 Å². The van der Waals surface area contributed by atoms with Crippen molar-refractivity contribution < 1.29 is 13.2 Å². The van der Waals surface area contributed by atoms with E-state index in [4.69, 9.17) is 11.6 Å². The lowest BCUT2D eigenvalue weighted by molar-refractivity contribution is -0.122. The van der Waals surface area contributed by atoms with Gasteiger partial charge in [0.25, 0.3) is 0 Å². The normalized spacial score (nSPS) is 15.6. The van der Waals surface area contributed by atoms with E-state index in [9.17, 15) is 13.2 Å². The molecule has 1 amide bonds. The van der Waals surface area contributed by atoms with Gasteiger partial charge in [-0.05, 0) is 68.6 Å². The number of benzene rings is 2. The number of halogens is 1. The lowest BCUT2D eigenvalue weighted by Gasteiger charge is -2.28. The molecule has 1 aliphatic heterocycles. The van der Waals surface area contributed by atoms with Gasteiger partial charge in [-0.25, -0.2) is 8.42 Å². The van der Waals surface area contributed by atoms with E-state index in [0.717, 1.165) is 41.3 Å². The zero-order chi connectivity index (χ0) is 22.6. The third-order valence-corrected chi connectivity index (χ3v) is 7.24. The Bertz CT molecular complexity index is 1020. The average molecular weight is 464 g/mol. The van der Waals surface area contributed by atoms with Crippen LogP contribution in [0.3, 0.4) is 0 Å². The van der Waals surface area contributed by atoms with E-state index in [1.807, 2.05) is 19.1 Å². The van der Waals surface area contributed by atoms with Gasteiger partial charge < -0.3 is 5.32 Å². The topological polar surface area (TPSA) is 69.7 Å². The molecular weight excluding hydrogens is 434 g/mol. The minimum absolute atomic E-state index is 0.333. The van der Waals surface area contributed by atoms with Gasteiger partial charge >= 0.3 is 0 Å². The van der Waals surface area contributed by atoms with Crippen LogP contribution in [0.4, 0.5) is 5.69 Å². The third-order valence-electron chi connectivity index (χ3n) is 5.59. The van der Waals surface area contributed by atoms with Crippen LogP contribution in [-0.2, 0) is 27.9 Å². The zero-order valence-electron chi connectivity index (χ0n) is 18.3. The van der Waals surface area contributed by atoms with E-state index < -0.39 is 16.1 Å². The Morgan fingerprint density at radius 1 is 1.13 bits per heavy atom. The quantitative estimate of drug-likeness (QED) is 0.647. The maximum absolute atomic E-state index is 12.8. The molecule has 2 aromatic carbocycles. The predicted octanol–water partition coefficient (Wildman–Crippen LogP) is 3.72. The van der Waals surface area contributed by atoms with E-state index in [1.165, 1.54) is 18.4 Å². The molecule has 0 aliphatic carbocycles. The number of sulfonamides is 1. The summed E-state index contributed by atoms with van der Waals surface area (Å²) in [5.41, 5.74) is 3.43. The van der Waals surface area contributed by atoms with Crippen molar-refractivity contribution in [1.82, 2.24) is 10.2 Å². The van der Waals surface area contributed by atoms with Gasteiger partial charge in [0.15, 0.2) is 0 Å². The summed E-state index contributed by atoms with van der Waals surface area (Å²) < 4.78 is 26.0. The van der Waals surface area contributed by atoms with Crippen molar-refractivity contribution in [3.05, 3.63) is 64.2 Å². The van der Waals surface area contributed by atoms with Crippen LogP contribution in [0, 0.1) is 6.92 Å². The summed E-state index contributed by atoms with van der Waals surface area (Å²) in [5, 5.41) is 3.30. The molecule has 0 radical (unpaired) electrons. The Kier molecular flexibility index (Phi) is 7.62. The highest BCUT2D eigenvalue weighted by Crippen LogP contribution is 2.26. The first-order valence-electron chi connectivity index (χ1n) is 10.5. The van der Waals surface area contributed by atoms with E-state index >= 15 is 0 Å². The number of carbonyl (C=O) groups excluding carboxylic acids is 1. The van der Waals surface area contributed by atoms with Crippen LogP contribution >= 0.6 is 11.6 Å². The van der Waals surface area contributed by atoms with Crippen molar-refractivity contribution in [2.75, 3.05) is 23.7 Å². The number of rotatable bonds is 8. The van der Waals surface area contributed by atoms with E-state index in [1.54, 1.807) is 25.1 Å². The molecule has 1 saturated heterocycles. The number of nitrogens with zero attached hydrogens (tertiary/aromatic N) is 2. The number of nitrogens with one attached hydrogen (secondary N) is 1. The molecule has 1 heterocycles. The number of hydrogen-bond donors (Lipinski definition) is 1. The lowest BCUT2D eigenvalue weighted by Crippen LogP contribution is -2.47. The van der Waals surface area contributed by atoms with Gasteiger partial charge in [0.05, 0.1) is 11.9 Å². The van der Waals surface area contributed by atoms with Crippen LogP contribution in [0.1, 0.15) is 36.5 Å². The van der Waals surface area contributed by atoms with Crippen LogP contribution in [0.15, 0.2) is 42.5 Å². The molecule has 168 valence electrons. The standard InChI is InChI=1S/C23H30ClN3O3S/c1-17-6-11-21(14-22(17)24)27(31(3,29)30)18(2)23(28)25-15-19-7-9-20(10-8-19)16-26-12-4-5-13-26/h6-11,14,18H,4-5,12-13,15-16H2,1-3H3,(H,25,28)/t18-/m1/s1. The fourth-order valence-corrected chi connectivity index (χ4v) is 5.17. The van der Waals surface area contributed by atoms with E-state index in [-0.39, 0.29) is 5.91 Å². The van der Waals surface area contributed by atoms with Gasteiger partial charge in [0.1, 0.15) is 6.04 Å². The van der Waals surface area contributed by atoms with Gasteiger partial charge in [0.2, 0.25) is 15.9 Å². The number of carbonyl (C=O) groups is 1. The second-order valence-electron chi connectivity index (χ2n) is 8.19. The van der Waals surface area contributed by atoms with Crippen molar-refractivity contribution >= 4 is 33.2 Å². The molecule has 3 rings (SSSR count). The Balaban J connectivity index is 1.64. The first kappa shape index (κ1) is 23.6. The fraction of sp³-hybridized carbons (Fsp3) is 0.435. The molecule has 1 fully saturated rings. The third kappa shape index (κ3) is 6.21. The van der Waals surface area contributed by atoms with Crippen LogP contribution in [0.5, 0.6) is 0 Å². The number of anilines is 1. The molecule has 1 atom stereocenters. The smallest absolute Gasteiger partial charge is 0.243 e. The number of hydrogen-bond acceptors (Lipinski definition) is 4. The summed E-state index contributed by atoms with van der Waals surface area (Å²) in [4.78, 5) is 15.2. The highest BCUT2D eigenvalue weighted by molar-refractivity contribution is 7.92. The van der Waals surface area contributed by atoms with Gasteiger partial charge in [-0.15, -0.1) is 0 Å². The largest absolute Gasteiger partial charge is 0.350 e. The molecule has 31 heavy (non-hydrogen) atoms. The van der Waals surface area contributed by atoms with Crippen LogP contribution < -0.4 is 9.62 Å². The second kappa shape index (κ2) is 10.0. The molecule has 1 aliphatic rings. The Morgan fingerprint density at radius 3 is 2.32 bits per heavy atom. The Morgan fingerprint density at radius 2 is 1.74 bits per heavy atom. The SMILES string of the molecule is Cc1ccc(N([C@H](C)C(=O)NCc2ccc(CN3CCCC3)cc2)S(C)(=O)=O)cc1Cl. The summed E-state index contributed by atoms with van der Waals surface area (Å²) in [6.07, 6.45) is 3.62. The molecule has 0 bridgehead atoms. The van der Waals surface area contributed by atoms with Crippen LogP contribution in [-0.4, -0.2) is 44.6 Å². The Hall–Kier alpha value is -2.09. The van der Waals surface area contributed by atoms with Crippen LogP contribution in [0.2, 0.25) is 5.02 Å². The van der Waals surface area contributed by atoms with Crippen molar-refractivity contribution in [3.63, 3.8) is 0 Å². The highest BCUT2D eigenvalue weighted by Gasteiger charge is 2.29. The summed E-state index contributed by atoms with van der Waals surface area (Å²) >= 11 is 6.17. The van der Waals surface area contributed by atoms with Gasteiger partial charge in [0, 0.05) is 18.1 Å². The first-order chi connectivity index (χ1) is 14.6. The van der Waals surface area contributed by atoms with Gasteiger partial charge in [-0.1, -0.05) is 41.9 Å². The molecule has 6 nitrogen and oxygen atoms in total. The van der Waals surface area contributed by atoms with E-state index in [0.29, 0.717) is 17.3 Å². The molecule has 1 N–H and O–H groups in total. The second-order valence-corrected chi connectivity index (χ2v) is 10.5. The molecule has 0 unspecified atom stereocenters. The van der Waals surface area contributed by atoms with Crippen molar-refractivity contribution in [1.29, 1.82) is 0 Å². The number of aryl methyl sites for hydroxylation is 1. The minimum Gasteiger partial charge on any atom is -0.350 e. The molecule has 8 heteroatoms. The maximum Gasteiger partial charge on any atom is 0.243 e. The minimum atomic E-state index is -3.68. The zero-order valence-corrected chi connectivity index (χ0v) is 19.8. The molecule has 0 aromatic heterocycles. The molecule has 0 saturated carbocycles. The molecular formula is C23H30ClN3O3S. The maximum atomic E-state index is 12.8. The summed E-state index contributed by atoms with van der Waals surface area (Å²) in [6, 6.07) is 12.2. The summed E-state index contributed by atoms with van der Waals surface area (Å²) in [5.74, 6) is -0.372. The van der Waals surface area contributed by atoms with E-state index in [2.05, 4.69) is 22.3 Å². The van der Waals surface area contributed by atoms with Crippen molar-refractivity contribution in [2.24, 2.45) is 0 Å². The van der Waals surface area contributed by atoms with Crippen molar-refractivity contribution in [3.8, 4) is 0 Å². The average Bonchev–Trinajstić information content (AvgIpc) is 3.22. The Labute approximate surface area is 190 Å².